The number of anilines is 3. The van der Waals surface area contributed by atoms with E-state index in [-0.39, 0.29) is 17.5 Å². The number of imide groups is 1. The number of carbonyl (C=O) groups excluding carboxylic acids is 2. The molecule has 0 bridgehead atoms. The lowest BCUT2D eigenvalue weighted by atomic mass is 10.0. The zero-order valence-electron chi connectivity index (χ0n) is 20.1. The lowest BCUT2D eigenvalue weighted by Gasteiger charge is -2.28. The molecule has 0 aromatic heterocycles. The number of amides is 2. The number of methoxy groups -OCH3 is 1. The fourth-order valence-corrected chi connectivity index (χ4v) is 4.72. The number of benzene rings is 3. The Bertz CT molecular complexity index is 1270. The van der Waals surface area contributed by atoms with Gasteiger partial charge in [0, 0.05) is 24.5 Å². The Morgan fingerprint density at radius 1 is 0.800 bits per heavy atom. The highest BCUT2D eigenvalue weighted by atomic mass is 16.5. The number of ether oxygens (including phenoxy) is 1. The van der Waals surface area contributed by atoms with Gasteiger partial charge in [-0.15, -0.1) is 0 Å². The molecule has 3 aromatic carbocycles. The van der Waals surface area contributed by atoms with E-state index in [1.165, 1.54) is 29.8 Å². The van der Waals surface area contributed by atoms with Crippen molar-refractivity contribution in [3.8, 4) is 5.75 Å². The molecule has 0 aliphatic carbocycles. The molecule has 3 aromatic rings. The molecule has 35 heavy (non-hydrogen) atoms. The van der Waals surface area contributed by atoms with Crippen molar-refractivity contribution in [3.63, 3.8) is 0 Å². The quantitative estimate of drug-likeness (QED) is 0.493. The summed E-state index contributed by atoms with van der Waals surface area (Å²) in [5, 5.41) is 3.26. The third-order valence-corrected chi connectivity index (χ3v) is 6.58. The van der Waals surface area contributed by atoms with Crippen LogP contribution in [0, 0.1) is 6.92 Å². The van der Waals surface area contributed by atoms with Crippen molar-refractivity contribution in [1.82, 2.24) is 0 Å². The van der Waals surface area contributed by atoms with E-state index in [4.69, 9.17) is 4.74 Å². The van der Waals surface area contributed by atoms with E-state index in [9.17, 15) is 9.59 Å². The molecule has 2 amide bonds. The number of hydrogen-bond donors (Lipinski definition) is 1. The Labute approximate surface area is 205 Å². The van der Waals surface area contributed by atoms with E-state index in [1.54, 1.807) is 37.4 Å². The van der Waals surface area contributed by atoms with Gasteiger partial charge in [-0.2, -0.15) is 0 Å². The summed E-state index contributed by atoms with van der Waals surface area (Å²) >= 11 is 0. The number of hydrogen-bond acceptors (Lipinski definition) is 5. The average Bonchev–Trinajstić information content (AvgIpc) is 3.14. The summed E-state index contributed by atoms with van der Waals surface area (Å²) in [6.45, 7) is 4.07. The maximum Gasteiger partial charge on any atom is 0.282 e. The zero-order valence-corrected chi connectivity index (χ0v) is 20.1. The first-order valence-corrected chi connectivity index (χ1v) is 12.0. The van der Waals surface area contributed by atoms with Crippen LogP contribution in [0.1, 0.15) is 30.4 Å². The van der Waals surface area contributed by atoms with E-state index in [1.807, 2.05) is 37.3 Å². The summed E-state index contributed by atoms with van der Waals surface area (Å²) in [6, 6.07) is 22.7. The molecule has 5 rings (SSSR count). The molecule has 0 unspecified atom stereocenters. The van der Waals surface area contributed by atoms with Crippen LogP contribution in [0.25, 0.3) is 5.57 Å². The highest BCUT2D eigenvalue weighted by Gasteiger charge is 2.40. The molecular formula is C29H29N3O3. The van der Waals surface area contributed by atoms with Crippen LogP contribution in [0.4, 0.5) is 17.1 Å². The Balaban J connectivity index is 1.50. The third-order valence-electron chi connectivity index (χ3n) is 6.58. The predicted octanol–water partition coefficient (Wildman–Crippen LogP) is 5.39. The second kappa shape index (κ2) is 9.66. The maximum atomic E-state index is 13.6. The summed E-state index contributed by atoms with van der Waals surface area (Å²) in [7, 11) is 1.60. The lowest BCUT2D eigenvalue weighted by molar-refractivity contribution is -0.120. The molecule has 0 atom stereocenters. The molecule has 1 N–H and O–H groups in total. The van der Waals surface area contributed by atoms with Crippen molar-refractivity contribution >= 4 is 34.4 Å². The molecule has 1 saturated heterocycles. The summed E-state index contributed by atoms with van der Waals surface area (Å²) < 4.78 is 5.27. The molecule has 6 nitrogen and oxygen atoms in total. The minimum Gasteiger partial charge on any atom is -0.497 e. The summed E-state index contributed by atoms with van der Waals surface area (Å²) in [5.41, 5.74) is 4.75. The molecule has 6 heteroatoms. The SMILES string of the molecule is COc1ccc(C2=C(Nc3ccc(N4CCCCC4)cc3)C(=O)N(c3cccc(C)c3)C2=O)cc1. The monoisotopic (exact) mass is 467 g/mol. The van der Waals surface area contributed by atoms with Crippen LogP contribution in [0.2, 0.25) is 0 Å². The van der Waals surface area contributed by atoms with Gasteiger partial charge in [-0.05, 0) is 85.8 Å². The smallest absolute Gasteiger partial charge is 0.282 e. The van der Waals surface area contributed by atoms with Gasteiger partial charge in [0.2, 0.25) is 0 Å². The van der Waals surface area contributed by atoms with Crippen molar-refractivity contribution in [2.45, 2.75) is 26.2 Å². The number of carbonyl (C=O) groups is 2. The summed E-state index contributed by atoms with van der Waals surface area (Å²) in [4.78, 5) is 30.9. The molecule has 0 saturated carbocycles. The van der Waals surface area contributed by atoms with Crippen LogP contribution in [0.5, 0.6) is 5.75 Å². The van der Waals surface area contributed by atoms with E-state index < -0.39 is 0 Å². The fourth-order valence-electron chi connectivity index (χ4n) is 4.72. The number of piperidine rings is 1. The molecular weight excluding hydrogens is 438 g/mol. The first-order chi connectivity index (χ1) is 17.0. The number of rotatable bonds is 6. The number of nitrogens with one attached hydrogen (secondary N) is 1. The standard InChI is InChI=1S/C29H29N3O3/c1-20-7-6-8-24(19-20)32-28(33)26(21-9-15-25(35-2)16-10-21)27(29(32)34)30-22-11-13-23(14-12-22)31-17-4-3-5-18-31/h6-16,19,30H,3-5,17-18H2,1-2H3. The van der Waals surface area contributed by atoms with Gasteiger partial charge in [0.1, 0.15) is 11.4 Å². The van der Waals surface area contributed by atoms with Crippen molar-refractivity contribution < 1.29 is 14.3 Å². The molecule has 2 heterocycles. The minimum absolute atomic E-state index is 0.271. The van der Waals surface area contributed by atoms with Crippen LogP contribution in [-0.4, -0.2) is 32.0 Å². The molecule has 0 spiro atoms. The number of aryl methyl sites for hydroxylation is 1. The normalized spacial score (nSPS) is 16.2. The third kappa shape index (κ3) is 4.52. The highest BCUT2D eigenvalue weighted by molar-refractivity contribution is 6.46. The Morgan fingerprint density at radius 2 is 1.51 bits per heavy atom. The van der Waals surface area contributed by atoms with Crippen LogP contribution in [0.15, 0.2) is 78.5 Å². The van der Waals surface area contributed by atoms with E-state index in [2.05, 4.69) is 22.3 Å². The summed E-state index contributed by atoms with van der Waals surface area (Å²) in [5.74, 6) is -0.0331. The first kappa shape index (κ1) is 22.7. The van der Waals surface area contributed by atoms with Crippen LogP contribution in [-0.2, 0) is 9.59 Å². The van der Waals surface area contributed by atoms with Gasteiger partial charge in [-0.25, -0.2) is 4.90 Å². The van der Waals surface area contributed by atoms with Gasteiger partial charge in [-0.1, -0.05) is 24.3 Å². The maximum absolute atomic E-state index is 13.6. The fraction of sp³-hybridized carbons (Fsp3) is 0.241. The Hall–Kier alpha value is -4.06. The van der Waals surface area contributed by atoms with E-state index >= 15 is 0 Å². The Morgan fingerprint density at radius 3 is 2.17 bits per heavy atom. The molecule has 2 aliphatic rings. The topological polar surface area (TPSA) is 61.9 Å². The molecule has 2 aliphatic heterocycles. The van der Waals surface area contributed by atoms with Crippen LogP contribution in [0.3, 0.4) is 0 Å². The van der Waals surface area contributed by atoms with Gasteiger partial charge in [0.15, 0.2) is 0 Å². The number of nitrogens with zero attached hydrogens (tertiary/aromatic N) is 2. The van der Waals surface area contributed by atoms with E-state index in [0.717, 1.165) is 24.3 Å². The Kier molecular flexibility index (Phi) is 6.27. The average molecular weight is 468 g/mol. The predicted molar refractivity (Wildman–Crippen MR) is 140 cm³/mol. The minimum atomic E-state index is -0.369. The van der Waals surface area contributed by atoms with Crippen molar-refractivity contribution in [3.05, 3.63) is 89.6 Å². The van der Waals surface area contributed by atoms with Gasteiger partial charge < -0.3 is 15.0 Å². The second-order valence-electron chi connectivity index (χ2n) is 8.98. The van der Waals surface area contributed by atoms with Crippen molar-refractivity contribution in [1.29, 1.82) is 0 Å². The van der Waals surface area contributed by atoms with Gasteiger partial charge >= 0.3 is 0 Å². The summed E-state index contributed by atoms with van der Waals surface area (Å²) in [6.07, 6.45) is 3.71. The van der Waals surface area contributed by atoms with Crippen LogP contribution < -0.4 is 19.9 Å². The van der Waals surface area contributed by atoms with Crippen molar-refractivity contribution in [2.24, 2.45) is 0 Å². The molecule has 0 radical (unpaired) electrons. The second-order valence-corrected chi connectivity index (χ2v) is 8.98. The first-order valence-electron chi connectivity index (χ1n) is 12.0. The molecule has 178 valence electrons. The van der Waals surface area contributed by atoms with E-state index in [0.29, 0.717) is 22.6 Å². The molecule has 1 fully saturated rings. The highest BCUT2D eigenvalue weighted by Crippen LogP contribution is 2.35. The van der Waals surface area contributed by atoms with Crippen LogP contribution >= 0.6 is 0 Å². The van der Waals surface area contributed by atoms with Gasteiger partial charge in [-0.3, -0.25) is 9.59 Å². The van der Waals surface area contributed by atoms with Crippen molar-refractivity contribution in [2.75, 3.05) is 35.3 Å². The lowest BCUT2D eigenvalue weighted by Crippen LogP contribution is -2.32. The van der Waals surface area contributed by atoms with Gasteiger partial charge in [0.25, 0.3) is 11.8 Å². The largest absolute Gasteiger partial charge is 0.497 e. The van der Waals surface area contributed by atoms with Gasteiger partial charge in [0.05, 0.1) is 18.4 Å². The zero-order chi connectivity index (χ0) is 24.4.